The summed E-state index contributed by atoms with van der Waals surface area (Å²) >= 11 is 18.0. The standard InChI is InChI=1S/C17H15Cl3N2O5S/c1-9(17(24)25)22(16-8-14(19)13(18)7-15(16)20)28(26,27)12-5-3-11(4-6-12)21-10(2)23/h3-9H,1-2H3,(H,21,23)(H,24,25). The molecule has 7 nitrogen and oxygen atoms in total. The Morgan fingerprint density at radius 2 is 1.57 bits per heavy atom. The second-order valence-corrected chi connectivity index (χ2v) is 8.77. The van der Waals surface area contributed by atoms with Crippen molar-refractivity contribution in [1.82, 2.24) is 0 Å². The van der Waals surface area contributed by atoms with Crippen molar-refractivity contribution in [3.8, 4) is 0 Å². The number of rotatable bonds is 6. The van der Waals surface area contributed by atoms with Crippen molar-refractivity contribution in [3.05, 3.63) is 51.5 Å². The Hall–Kier alpha value is -2.00. The smallest absolute Gasteiger partial charge is 0.327 e. The largest absolute Gasteiger partial charge is 0.480 e. The molecule has 1 unspecified atom stereocenters. The van der Waals surface area contributed by atoms with Crippen LogP contribution >= 0.6 is 34.8 Å². The van der Waals surface area contributed by atoms with E-state index in [1.54, 1.807) is 0 Å². The maximum atomic E-state index is 13.2. The van der Waals surface area contributed by atoms with Gasteiger partial charge < -0.3 is 10.4 Å². The highest BCUT2D eigenvalue weighted by Crippen LogP contribution is 2.38. The number of carboxylic acid groups (broad SMARTS) is 1. The number of sulfonamides is 1. The molecule has 1 amide bonds. The molecule has 0 aliphatic heterocycles. The van der Waals surface area contributed by atoms with Crippen LogP contribution in [0.4, 0.5) is 11.4 Å². The molecule has 0 radical (unpaired) electrons. The topological polar surface area (TPSA) is 104 Å². The average Bonchev–Trinajstić information content (AvgIpc) is 2.59. The summed E-state index contributed by atoms with van der Waals surface area (Å²) in [6.07, 6.45) is 0. The Bertz CT molecular complexity index is 1030. The van der Waals surface area contributed by atoms with Crippen LogP contribution in [-0.4, -0.2) is 31.4 Å². The van der Waals surface area contributed by atoms with E-state index >= 15 is 0 Å². The lowest BCUT2D eigenvalue weighted by Crippen LogP contribution is -2.43. The zero-order valence-electron chi connectivity index (χ0n) is 14.6. The molecule has 2 aromatic rings. The van der Waals surface area contributed by atoms with E-state index in [0.29, 0.717) is 9.99 Å². The predicted molar refractivity (Wildman–Crippen MR) is 109 cm³/mol. The number of hydrogen-bond acceptors (Lipinski definition) is 4. The van der Waals surface area contributed by atoms with Gasteiger partial charge in [0.25, 0.3) is 10.0 Å². The molecule has 11 heteroatoms. The third-order valence-corrected chi connectivity index (χ3v) is 6.59. The Morgan fingerprint density at radius 3 is 2.07 bits per heavy atom. The van der Waals surface area contributed by atoms with E-state index < -0.39 is 22.0 Å². The molecule has 2 rings (SSSR count). The van der Waals surface area contributed by atoms with Crippen molar-refractivity contribution in [1.29, 1.82) is 0 Å². The highest BCUT2D eigenvalue weighted by atomic mass is 35.5. The normalized spacial score (nSPS) is 12.3. The van der Waals surface area contributed by atoms with Crippen molar-refractivity contribution < 1.29 is 23.1 Å². The molecule has 2 aromatic carbocycles. The van der Waals surface area contributed by atoms with Gasteiger partial charge in [-0.2, -0.15) is 0 Å². The van der Waals surface area contributed by atoms with Gasteiger partial charge >= 0.3 is 5.97 Å². The first-order chi connectivity index (χ1) is 12.9. The molecule has 0 heterocycles. The number of halogens is 3. The number of aliphatic carboxylic acids is 1. The zero-order valence-corrected chi connectivity index (χ0v) is 17.7. The predicted octanol–water partition coefficient (Wildman–Crippen LogP) is 4.27. The zero-order chi connectivity index (χ0) is 21.2. The highest BCUT2D eigenvalue weighted by molar-refractivity contribution is 7.93. The lowest BCUT2D eigenvalue weighted by Gasteiger charge is -2.29. The van der Waals surface area contributed by atoms with Crippen molar-refractivity contribution in [2.75, 3.05) is 9.62 Å². The number of amides is 1. The molecule has 0 aliphatic carbocycles. The fourth-order valence-electron chi connectivity index (χ4n) is 2.35. The number of anilines is 2. The molecule has 1 atom stereocenters. The second-order valence-electron chi connectivity index (χ2n) is 5.74. The van der Waals surface area contributed by atoms with Gasteiger partial charge in [0, 0.05) is 12.6 Å². The van der Waals surface area contributed by atoms with Crippen molar-refractivity contribution in [3.63, 3.8) is 0 Å². The third-order valence-electron chi connectivity index (χ3n) is 3.67. The molecule has 0 aliphatic rings. The van der Waals surface area contributed by atoms with Crippen LogP contribution in [0.15, 0.2) is 41.3 Å². The van der Waals surface area contributed by atoms with Gasteiger partial charge in [-0.25, -0.2) is 13.2 Å². The molecule has 0 bridgehead atoms. The summed E-state index contributed by atoms with van der Waals surface area (Å²) in [5.41, 5.74) is 0.258. The van der Waals surface area contributed by atoms with Crippen LogP contribution in [0, 0.1) is 0 Å². The van der Waals surface area contributed by atoms with Crippen LogP contribution < -0.4 is 9.62 Å². The molecule has 0 saturated heterocycles. The Kier molecular flexibility index (Phi) is 6.82. The maximum absolute atomic E-state index is 13.2. The Morgan fingerprint density at radius 1 is 1.04 bits per heavy atom. The Balaban J connectivity index is 2.62. The number of carbonyl (C=O) groups is 2. The number of carbonyl (C=O) groups excluding carboxylic acids is 1. The summed E-state index contributed by atoms with van der Waals surface area (Å²) in [5.74, 6) is -1.71. The fraction of sp³-hybridized carbons (Fsp3) is 0.176. The summed E-state index contributed by atoms with van der Waals surface area (Å²) in [4.78, 5) is 22.5. The first-order valence-corrected chi connectivity index (χ1v) is 10.3. The quantitative estimate of drug-likeness (QED) is 0.620. The van der Waals surface area contributed by atoms with E-state index in [0.717, 1.165) is 0 Å². The minimum atomic E-state index is -4.34. The lowest BCUT2D eigenvalue weighted by atomic mass is 10.2. The first kappa shape index (κ1) is 22.3. The molecule has 150 valence electrons. The van der Waals surface area contributed by atoms with Gasteiger partial charge in [0.15, 0.2) is 0 Å². The first-order valence-electron chi connectivity index (χ1n) is 7.74. The van der Waals surface area contributed by atoms with E-state index in [9.17, 15) is 23.1 Å². The van der Waals surface area contributed by atoms with E-state index in [1.165, 1.54) is 50.2 Å². The fourth-order valence-corrected chi connectivity index (χ4v) is 4.66. The van der Waals surface area contributed by atoms with Crippen LogP contribution in [0.2, 0.25) is 15.1 Å². The van der Waals surface area contributed by atoms with Gasteiger partial charge in [-0.15, -0.1) is 0 Å². The monoisotopic (exact) mass is 464 g/mol. The lowest BCUT2D eigenvalue weighted by molar-refractivity contribution is -0.137. The van der Waals surface area contributed by atoms with Crippen molar-refractivity contribution in [2.24, 2.45) is 0 Å². The minimum absolute atomic E-state index is 0.0138. The minimum Gasteiger partial charge on any atom is -0.480 e. The van der Waals surface area contributed by atoms with Crippen LogP contribution in [0.25, 0.3) is 0 Å². The van der Waals surface area contributed by atoms with Crippen LogP contribution in [0.1, 0.15) is 13.8 Å². The molecule has 0 fully saturated rings. The SMILES string of the molecule is CC(=O)Nc1ccc(S(=O)(=O)N(c2cc(Cl)c(Cl)cc2Cl)C(C)C(=O)O)cc1. The molecule has 28 heavy (non-hydrogen) atoms. The summed E-state index contributed by atoms with van der Waals surface area (Å²) in [6.45, 7) is 2.51. The molecular weight excluding hydrogens is 451 g/mol. The third kappa shape index (κ3) is 4.70. The maximum Gasteiger partial charge on any atom is 0.327 e. The number of nitrogens with one attached hydrogen (secondary N) is 1. The van der Waals surface area contributed by atoms with E-state index in [4.69, 9.17) is 34.8 Å². The molecular formula is C17H15Cl3N2O5S. The highest BCUT2D eigenvalue weighted by Gasteiger charge is 2.35. The summed E-state index contributed by atoms with van der Waals surface area (Å²) in [5, 5.41) is 12.0. The average molecular weight is 466 g/mol. The van der Waals surface area contributed by atoms with E-state index in [-0.39, 0.29) is 31.6 Å². The van der Waals surface area contributed by atoms with Gasteiger partial charge in [-0.1, -0.05) is 34.8 Å². The number of carboxylic acids is 1. The van der Waals surface area contributed by atoms with Gasteiger partial charge in [0.2, 0.25) is 5.91 Å². The van der Waals surface area contributed by atoms with E-state index in [2.05, 4.69) is 5.32 Å². The van der Waals surface area contributed by atoms with Gasteiger partial charge in [-0.05, 0) is 43.3 Å². The summed E-state index contributed by atoms with van der Waals surface area (Å²) in [6, 6.07) is 6.19. The summed E-state index contributed by atoms with van der Waals surface area (Å²) < 4.78 is 27.1. The van der Waals surface area contributed by atoms with Crippen LogP contribution in [-0.2, 0) is 19.6 Å². The van der Waals surface area contributed by atoms with Crippen molar-refractivity contribution in [2.45, 2.75) is 24.8 Å². The second kappa shape index (κ2) is 8.57. The molecule has 2 N–H and O–H groups in total. The van der Waals surface area contributed by atoms with E-state index in [1.807, 2.05) is 0 Å². The van der Waals surface area contributed by atoms with Gasteiger partial charge in [0.1, 0.15) is 6.04 Å². The molecule has 0 spiro atoms. The summed E-state index contributed by atoms with van der Waals surface area (Å²) in [7, 11) is -4.34. The van der Waals surface area contributed by atoms with Gasteiger partial charge in [0.05, 0.1) is 25.7 Å². The number of benzene rings is 2. The molecule has 0 aromatic heterocycles. The van der Waals surface area contributed by atoms with Crippen molar-refractivity contribution >= 4 is 68.1 Å². The van der Waals surface area contributed by atoms with Gasteiger partial charge in [-0.3, -0.25) is 9.10 Å². The number of nitrogens with zero attached hydrogens (tertiary/aromatic N) is 1. The Labute approximate surface area is 176 Å². The van der Waals surface area contributed by atoms with Crippen LogP contribution in [0.3, 0.4) is 0 Å². The molecule has 0 saturated carbocycles. The number of hydrogen-bond donors (Lipinski definition) is 2. The van der Waals surface area contributed by atoms with Crippen LogP contribution in [0.5, 0.6) is 0 Å².